The van der Waals surface area contributed by atoms with Crippen LogP contribution in [-0.2, 0) is 31.1 Å². The molecule has 0 bridgehead atoms. The summed E-state index contributed by atoms with van der Waals surface area (Å²) in [5.41, 5.74) is 3.80. The fraction of sp³-hybridized carbons (Fsp3) is 0.453. The van der Waals surface area contributed by atoms with Gasteiger partial charge in [-0.05, 0) is 101 Å². The van der Waals surface area contributed by atoms with E-state index in [1.165, 1.54) is 0 Å². The number of carbonyl (C=O) groups excluding carboxylic acids is 6. The van der Waals surface area contributed by atoms with E-state index in [2.05, 4.69) is 51.9 Å². The van der Waals surface area contributed by atoms with Gasteiger partial charge in [-0.25, -0.2) is 9.79 Å². The number of rotatable bonds is 20. The van der Waals surface area contributed by atoms with E-state index in [1.807, 2.05) is 62.8 Å². The second-order valence-electron chi connectivity index (χ2n) is 19.4. The Morgan fingerprint density at radius 1 is 0.880 bits per heavy atom. The number of hydrogen-bond donors (Lipinski definition) is 7. The van der Waals surface area contributed by atoms with E-state index in [0.717, 1.165) is 80.1 Å². The molecule has 0 radical (unpaired) electrons. The highest BCUT2D eigenvalue weighted by atomic mass is 32.2. The number of unbranched alkanes of at least 4 members (excludes halogenated alkanes) is 2. The molecule has 75 heavy (non-hydrogen) atoms. The number of carbonyl (C=O) groups is 6. The summed E-state index contributed by atoms with van der Waals surface area (Å²) in [5, 5.41) is 37.8. The molecular formula is C53H66N12O9S. The van der Waals surface area contributed by atoms with Gasteiger partial charge in [-0.1, -0.05) is 36.4 Å². The highest BCUT2D eigenvalue weighted by molar-refractivity contribution is 7.97. The Kier molecular flexibility index (Phi) is 18.0. The molecule has 7 N–H and O–H groups in total. The van der Waals surface area contributed by atoms with Crippen LogP contribution in [0.15, 0.2) is 82.0 Å². The maximum atomic E-state index is 13.3. The van der Waals surface area contributed by atoms with Crippen LogP contribution in [0.4, 0.5) is 11.4 Å². The zero-order valence-electron chi connectivity index (χ0n) is 42.8. The van der Waals surface area contributed by atoms with Crippen LogP contribution in [0.25, 0.3) is 5.57 Å². The van der Waals surface area contributed by atoms with E-state index >= 15 is 0 Å². The van der Waals surface area contributed by atoms with Crippen molar-refractivity contribution in [2.75, 3.05) is 88.7 Å². The molecule has 21 nitrogen and oxygen atoms in total. The number of aromatic nitrogens is 2. The molecule has 5 amide bonds. The molecule has 3 aromatic carbocycles. The largest absolute Gasteiger partial charge is 0.451 e. The van der Waals surface area contributed by atoms with Gasteiger partial charge in [0.25, 0.3) is 11.8 Å². The van der Waals surface area contributed by atoms with Crippen molar-refractivity contribution in [2.45, 2.75) is 76.5 Å². The number of nitrogens with one attached hydrogen (secondary N) is 6. The number of cyclic esters (lactones) is 1. The maximum absolute atomic E-state index is 13.3. The zero-order valence-corrected chi connectivity index (χ0v) is 43.6. The quantitative estimate of drug-likeness (QED) is 0.0376. The third-order valence-electron chi connectivity index (χ3n) is 13.5. The van der Waals surface area contributed by atoms with Crippen LogP contribution in [0.2, 0.25) is 0 Å². The van der Waals surface area contributed by atoms with Crippen LogP contribution in [0.3, 0.4) is 0 Å². The molecule has 2 saturated heterocycles. The van der Waals surface area contributed by atoms with Gasteiger partial charge in [0.1, 0.15) is 17.5 Å². The predicted octanol–water partition coefficient (Wildman–Crippen LogP) is 3.87. The van der Waals surface area contributed by atoms with Gasteiger partial charge in [-0.2, -0.15) is 11.8 Å². The Bertz CT molecular complexity index is 2810. The molecule has 398 valence electrons. The van der Waals surface area contributed by atoms with Gasteiger partial charge in [-0.15, -0.1) is 10.2 Å². The van der Waals surface area contributed by atoms with Gasteiger partial charge >= 0.3 is 5.97 Å². The summed E-state index contributed by atoms with van der Waals surface area (Å²) in [6, 6.07) is 18.6. The molecule has 2 fully saturated rings. The number of guanidine groups is 1. The lowest BCUT2D eigenvalue weighted by Gasteiger charge is -2.34. The topological polar surface area (TPSA) is 265 Å². The number of imide groups is 2. The monoisotopic (exact) mass is 1050 g/mol. The van der Waals surface area contributed by atoms with Crippen molar-refractivity contribution in [3.05, 3.63) is 112 Å². The highest BCUT2D eigenvalue weighted by Gasteiger charge is 2.46. The number of benzene rings is 3. The van der Waals surface area contributed by atoms with Gasteiger partial charge in [0.2, 0.25) is 35.5 Å². The molecule has 1 unspecified atom stereocenters. The first-order chi connectivity index (χ1) is 36.3. The van der Waals surface area contributed by atoms with Gasteiger partial charge in [0.15, 0.2) is 0 Å². The van der Waals surface area contributed by atoms with Crippen molar-refractivity contribution in [1.29, 1.82) is 0 Å². The first-order valence-electron chi connectivity index (χ1n) is 25.4. The fourth-order valence-electron chi connectivity index (χ4n) is 9.61. The standard InChI is InChI=1S/C51H60N12O9.C2H6S/c1-51(2)36-27-32(16-17-33(36)49(70)72-51)55-50-54-28-35(44(58-50)56-38(30-64)31-11-5-3-6-12-31)46-60-59-42(71-46)15-10-22-61-23-25-62(26-24-61)29-41(66)53-21-8-4-7-20-52-37-14-9-13-34-43(37)48(69)63(47(34)68)39-18-19-40(65)57-45(39)67;1-3-2/h3,5-6,9,11-14,16-17,27,38-39,52,56,64H,4,7-8,10,15,18-26,28-30H2,1-2H3,(H,53,66)(H2,54,55,58)(H,57,65,67);1-2H3/t38-,39?;/m1./s1. The number of aryl methyl sites for hydroxylation is 1. The number of amides is 5. The van der Waals surface area contributed by atoms with Crippen LogP contribution in [-0.4, -0.2) is 156 Å². The zero-order chi connectivity index (χ0) is 53.1. The minimum atomic E-state index is -1.02. The van der Waals surface area contributed by atoms with Crippen LogP contribution in [0, 0.1) is 0 Å². The van der Waals surface area contributed by atoms with Crippen molar-refractivity contribution >= 4 is 70.2 Å². The van der Waals surface area contributed by atoms with E-state index in [1.54, 1.807) is 42.1 Å². The number of thioether (sulfide) groups is 1. The summed E-state index contributed by atoms with van der Waals surface area (Å²) < 4.78 is 11.8. The molecule has 0 saturated carbocycles. The average molecular weight is 1050 g/mol. The summed E-state index contributed by atoms with van der Waals surface area (Å²) in [7, 11) is 0. The summed E-state index contributed by atoms with van der Waals surface area (Å²) >= 11 is 1.75. The van der Waals surface area contributed by atoms with Crippen LogP contribution in [0.5, 0.6) is 0 Å². The number of aliphatic hydroxyl groups excluding tert-OH is 1. The first-order valence-corrected chi connectivity index (χ1v) is 27.0. The van der Waals surface area contributed by atoms with Crippen molar-refractivity contribution < 1.29 is 43.0 Å². The Morgan fingerprint density at radius 3 is 2.40 bits per heavy atom. The lowest BCUT2D eigenvalue weighted by molar-refractivity contribution is -0.136. The molecule has 22 heteroatoms. The molecule has 9 rings (SSSR count). The maximum Gasteiger partial charge on any atom is 0.339 e. The fourth-order valence-corrected chi connectivity index (χ4v) is 9.61. The number of nitrogens with zero attached hydrogens (tertiary/aromatic N) is 6. The van der Waals surface area contributed by atoms with Gasteiger partial charge < -0.3 is 45.7 Å². The van der Waals surface area contributed by atoms with Crippen molar-refractivity contribution in [3.63, 3.8) is 0 Å². The van der Waals surface area contributed by atoms with E-state index in [4.69, 9.17) is 14.1 Å². The molecule has 5 aliphatic rings. The number of anilines is 2. The number of aliphatic imine (C=N–C) groups is 1. The smallest absolute Gasteiger partial charge is 0.339 e. The molecular weight excluding hydrogens is 981 g/mol. The van der Waals surface area contributed by atoms with E-state index in [-0.39, 0.29) is 49.0 Å². The Labute approximate surface area is 440 Å². The van der Waals surface area contributed by atoms with Gasteiger partial charge in [-0.3, -0.25) is 39.1 Å². The minimum Gasteiger partial charge on any atom is -0.451 e. The van der Waals surface area contributed by atoms with Crippen molar-refractivity contribution in [1.82, 2.24) is 46.2 Å². The Hall–Kier alpha value is -7.14. The number of piperazine rings is 1. The second-order valence-corrected chi connectivity index (χ2v) is 20.2. The van der Waals surface area contributed by atoms with Crippen LogP contribution >= 0.6 is 11.8 Å². The number of ether oxygens (including phenoxy) is 1. The number of hydrogen-bond acceptors (Lipinski definition) is 19. The summed E-state index contributed by atoms with van der Waals surface area (Å²) in [4.78, 5) is 86.0. The predicted molar refractivity (Wildman–Crippen MR) is 284 cm³/mol. The number of aliphatic hydroxyl groups is 1. The molecule has 2 atom stereocenters. The van der Waals surface area contributed by atoms with Gasteiger partial charge in [0.05, 0.1) is 48.0 Å². The van der Waals surface area contributed by atoms with Crippen LogP contribution < -0.4 is 31.9 Å². The summed E-state index contributed by atoms with van der Waals surface area (Å²) in [6.45, 7) is 9.22. The van der Waals surface area contributed by atoms with Gasteiger partial charge in [0, 0.05) is 69.0 Å². The lowest BCUT2D eigenvalue weighted by atomic mass is 9.95. The third-order valence-corrected chi connectivity index (χ3v) is 13.5. The Morgan fingerprint density at radius 2 is 1.64 bits per heavy atom. The van der Waals surface area contributed by atoms with E-state index in [0.29, 0.717) is 66.4 Å². The van der Waals surface area contributed by atoms with Crippen LogP contribution in [0.1, 0.15) is 112 Å². The Balaban J connectivity index is 0.00000243. The van der Waals surface area contributed by atoms with E-state index < -0.39 is 41.3 Å². The SMILES string of the molecule is CC1(C)OC(=O)c2ccc(NC3=NCC(c4nnc(CCCN5CCN(CC(=O)NCCCCCNc6cccc7c6C(=O)N(C6CCC(=O)NC6=O)C7=O)CC5)o4)=C(N[C@H](CO)c4ccccc4)N3)cc21.CSC. The molecule has 6 heterocycles. The normalized spacial score (nSPS) is 18.7. The third kappa shape index (κ3) is 13.2. The number of piperidine rings is 1. The van der Waals surface area contributed by atoms with Crippen molar-refractivity contribution in [3.8, 4) is 0 Å². The minimum absolute atomic E-state index is 0.0124. The number of esters is 1. The summed E-state index contributed by atoms with van der Waals surface area (Å²) in [6.07, 6.45) is 8.01. The second kappa shape index (κ2) is 24.9. The summed E-state index contributed by atoms with van der Waals surface area (Å²) in [5.74, 6) is -0.682. The molecule has 4 aromatic rings. The highest BCUT2D eigenvalue weighted by Crippen LogP contribution is 2.38. The lowest BCUT2D eigenvalue weighted by Crippen LogP contribution is -2.54. The number of fused-ring (bicyclic) bond motifs is 2. The molecule has 1 aromatic heterocycles. The molecule has 0 aliphatic carbocycles. The first kappa shape index (κ1) is 54.1. The average Bonchev–Trinajstić information content (AvgIpc) is 4.04. The van der Waals surface area contributed by atoms with Crippen molar-refractivity contribution in [2.24, 2.45) is 4.99 Å². The molecule has 0 spiro atoms. The van der Waals surface area contributed by atoms with E-state index in [9.17, 15) is 33.9 Å². The molecule has 5 aliphatic heterocycles.